The summed E-state index contributed by atoms with van der Waals surface area (Å²) in [6, 6.07) is 17.8. The maximum atomic E-state index is 12.2. The Bertz CT molecular complexity index is 1140. The Morgan fingerprint density at radius 3 is 2.48 bits per heavy atom. The largest absolute Gasteiger partial charge is 0.394 e. The number of nitrogens with one attached hydrogen (secondary N) is 1. The first-order valence-electron chi connectivity index (χ1n) is 10.1. The lowest BCUT2D eigenvalue weighted by molar-refractivity contribution is -0.0461. The fraction of sp³-hybridized carbons (Fsp3) is 0.304. The zero-order chi connectivity index (χ0) is 21.8. The maximum absolute atomic E-state index is 12.2. The highest BCUT2D eigenvalue weighted by Crippen LogP contribution is 2.27. The molecule has 0 spiro atoms. The fourth-order valence-electron chi connectivity index (χ4n) is 3.71. The van der Waals surface area contributed by atoms with Gasteiger partial charge in [-0.25, -0.2) is 4.79 Å². The number of aromatic nitrogens is 2. The van der Waals surface area contributed by atoms with Crippen LogP contribution in [-0.4, -0.2) is 38.6 Å². The summed E-state index contributed by atoms with van der Waals surface area (Å²) < 4.78 is 12.5. The molecule has 1 fully saturated rings. The highest BCUT2D eigenvalue weighted by molar-refractivity contribution is 5.67. The van der Waals surface area contributed by atoms with Crippen LogP contribution < -0.4 is 11.2 Å². The van der Waals surface area contributed by atoms with E-state index in [4.69, 9.17) is 9.47 Å². The van der Waals surface area contributed by atoms with Gasteiger partial charge in [0.05, 0.1) is 31.5 Å². The molecule has 3 atom stereocenters. The quantitative estimate of drug-likeness (QED) is 0.531. The minimum atomic E-state index is -0.886. The van der Waals surface area contributed by atoms with Gasteiger partial charge in [0, 0.05) is 12.6 Å². The summed E-state index contributed by atoms with van der Waals surface area (Å²) in [6.07, 6.45) is -0.890. The van der Waals surface area contributed by atoms with Gasteiger partial charge in [0.15, 0.2) is 0 Å². The van der Waals surface area contributed by atoms with Crippen molar-refractivity contribution in [3.63, 3.8) is 0 Å². The molecule has 0 aliphatic carbocycles. The molecule has 1 aromatic heterocycles. The first kappa shape index (κ1) is 21.2. The minimum Gasteiger partial charge on any atom is -0.394 e. The number of rotatable bonds is 7. The van der Waals surface area contributed by atoms with Crippen LogP contribution in [0, 0.1) is 0 Å². The van der Waals surface area contributed by atoms with Crippen molar-refractivity contribution in [3.05, 3.63) is 92.8 Å². The Hall–Kier alpha value is -3.04. The van der Waals surface area contributed by atoms with Gasteiger partial charge in [-0.05, 0) is 16.7 Å². The van der Waals surface area contributed by atoms with Crippen LogP contribution in [0.1, 0.15) is 23.8 Å². The molecular weight excluding hydrogens is 400 g/mol. The summed E-state index contributed by atoms with van der Waals surface area (Å²) in [4.78, 5) is 26.7. The number of ether oxygens (including phenoxy) is 2. The number of nitrogens with zero attached hydrogens (tertiary/aromatic N) is 1. The molecule has 0 amide bonds. The zero-order valence-corrected chi connectivity index (χ0v) is 16.8. The third kappa shape index (κ3) is 4.67. The van der Waals surface area contributed by atoms with E-state index in [1.807, 2.05) is 54.6 Å². The van der Waals surface area contributed by atoms with Gasteiger partial charge in [-0.3, -0.25) is 14.3 Å². The van der Waals surface area contributed by atoms with Crippen LogP contribution in [0.3, 0.4) is 0 Å². The van der Waals surface area contributed by atoms with E-state index in [2.05, 4.69) is 4.98 Å². The third-order valence-corrected chi connectivity index (χ3v) is 5.35. The second-order valence-electron chi connectivity index (χ2n) is 7.45. The molecule has 8 heteroatoms. The van der Waals surface area contributed by atoms with E-state index in [-0.39, 0.29) is 31.8 Å². The molecule has 1 aliphatic heterocycles. The summed E-state index contributed by atoms with van der Waals surface area (Å²) in [5.41, 5.74) is 2.19. The highest BCUT2D eigenvalue weighted by Gasteiger charge is 2.35. The molecule has 4 rings (SSSR count). The van der Waals surface area contributed by atoms with Crippen molar-refractivity contribution in [2.24, 2.45) is 0 Å². The highest BCUT2D eigenvalue weighted by atomic mass is 16.5. The predicted octanol–water partition coefficient (Wildman–Crippen LogP) is 1.56. The predicted molar refractivity (Wildman–Crippen MR) is 113 cm³/mol. The van der Waals surface area contributed by atoms with Gasteiger partial charge in [-0.15, -0.1) is 0 Å². The molecule has 2 heterocycles. The van der Waals surface area contributed by atoms with Crippen molar-refractivity contribution in [1.82, 2.24) is 9.55 Å². The van der Waals surface area contributed by atoms with Crippen molar-refractivity contribution in [2.75, 3.05) is 6.61 Å². The monoisotopic (exact) mass is 424 g/mol. The number of benzene rings is 2. The average Bonchev–Trinajstić information content (AvgIpc) is 3.16. The van der Waals surface area contributed by atoms with Gasteiger partial charge in [0.2, 0.25) is 0 Å². The Balaban J connectivity index is 1.49. The van der Waals surface area contributed by atoms with Crippen molar-refractivity contribution < 1.29 is 19.7 Å². The van der Waals surface area contributed by atoms with Gasteiger partial charge >= 0.3 is 5.69 Å². The topological polar surface area (TPSA) is 114 Å². The lowest BCUT2D eigenvalue weighted by Crippen LogP contribution is -2.34. The van der Waals surface area contributed by atoms with Gasteiger partial charge in [-0.1, -0.05) is 54.6 Å². The standard InChI is InChI=1S/C23H24N2O6/c26-12-20-19(27)10-21(31-20)25-11-17(22(28)24-23(25)29)14-30-13-16-8-4-5-9-18(16)15-6-2-1-3-7-15/h1-9,11,19-21,26-27H,10,12-14H2,(H,24,28,29)/t19-,20?,21?/m1/s1. The Kier molecular flexibility index (Phi) is 6.43. The number of aliphatic hydroxyl groups excluding tert-OH is 2. The molecule has 0 radical (unpaired) electrons. The third-order valence-electron chi connectivity index (χ3n) is 5.35. The normalized spacial score (nSPS) is 20.8. The molecule has 0 bridgehead atoms. The van der Waals surface area contributed by atoms with Gasteiger partial charge < -0.3 is 19.7 Å². The number of hydrogen-bond acceptors (Lipinski definition) is 6. The SMILES string of the molecule is O=c1[nH]c(=O)n(C2C[C@@H](O)C(CO)O2)cc1COCc1ccccc1-c1ccccc1. The van der Waals surface area contributed by atoms with Crippen LogP contribution in [0.2, 0.25) is 0 Å². The molecule has 2 aromatic carbocycles. The lowest BCUT2D eigenvalue weighted by atomic mass is 10.0. The summed E-state index contributed by atoms with van der Waals surface area (Å²) in [6.45, 7) is -0.0706. The van der Waals surface area contributed by atoms with Crippen LogP contribution in [0.4, 0.5) is 0 Å². The first-order valence-corrected chi connectivity index (χ1v) is 10.1. The first-order chi connectivity index (χ1) is 15.1. The number of hydrogen-bond donors (Lipinski definition) is 3. The van der Waals surface area contributed by atoms with Gasteiger partial charge in [0.1, 0.15) is 12.3 Å². The van der Waals surface area contributed by atoms with Crippen LogP contribution in [0.15, 0.2) is 70.4 Å². The molecule has 1 aliphatic rings. The molecule has 162 valence electrons. The average molecular weight is 424 g/mol. The van der Waals surface area contributed by atoms with Crippen molar-refractivity contribution >= 4 is 0 Å². The van der Waals surface area contributed by atoms with E-state index in [9.17, 15) is 19.8 Å². The van der Waals surface area contributed by atoms with Crippen LogP contribution in [0.5, 0.6) is 0 Å². The summed E-state index contributed by atoms with van der Waals surface area (Å²) in [5, 5.41) is 19.2. The number of aliphatic hydroxyl groups is 2. The van der Waals surface area contributed by atoms with Crippen LogP contribution in [-0.2, 0) is 22.7 Å². The molecule has 3 N–H and O–H groups in total. The smallest absolute Gasteiger partial charge is 0.330 e. The Morgan fingerprint density at radius 2 is 1.74 bits per heavy atom. The Labute approximate surface area is 178 Å². The van der Waals surface area contributed by atoms with Crippen molar-refractivity contribution in [2.45, 2.75) is 38.1 Å². The zero-order valence-electron chi connectivity index (χ0n) is 16.8. The van der Waals surface area contributed by atoms with Gasteiger partial charge in [0.25, 0.3) is 5.56 Å². The van der Waals surface area contributed by atoms with Crippen LogP contribution >= 0.6 is 0 Å². The van der Waals surface area contributed by atoms with Crippen molar-refractivity contribution in [1.29, 1.82) is 0 Å². The van der Waals surface area contributed by atoms with E-state index >= 15 is 0 Å². The molecular formula is C23H24N2O6. The summed E-state index contributed by atoms with van der Waals surface area (Å²) in [5.74, 6) is 0. The molecule has 8 nitrogen and oxygen atoms in total. The summed E-state index contributed by atoms with van der Waals surface area (Å²) >= 11 is 0. The second kappa shape index (κ2) is 9.40. The number of aromatic amines is 1. The van der Waals surface area contributed by atoms with E-state index in [1.54, 1.807) is 0 Å². The fourth-order valence-corrected chi connectivity index (χ4v) is 3.71. The van der Waals surface area contributed by atoms with E-state index in [0.717, 1.165) is 16.7 Å². The molecule has 31 heavy (non-hydrogen) atoms. The molecule has 3 aromatic rings. The van der Waals surface area contributed by atoms with E-state index < -0.39 is 29.7 Å². The maximum Gasteiger partial charge on any atom is 0.330 e. The Morgan fingerprint density at radius 1 is 1.03 bits per heavy atom. The van der Waals surface area contributed by atoms with Crippen molar-refractivity contribution in [3.8, 4) is 11.1 Å². The van der Waals surface area contributed by atoms with E-state index in [1.165, 1.54) is 10.8 Å². The minimum absolute atomic E-state index is 0.00254. The molecule has 0 saturated carbocycles. The van der Waals surface area contributed by atoms with Gasteiger partial charge in [-0.2, -0.15) is 0 Å². The lowest BCUT2D eigenvalue weighted by Gasteiger charge is -2.15. The second-order valence-corrected chi connectivity index (χ2v) is 7.45. The van der Waals surface area contributed by atoms with Crippen LogP contribution in [0.25, 0.3) is 11.1 Å². The van der Waals surface area contributed by atoms with E-state index in [0.29, 0.717) is 0 Å². The summed E-state index contributed by atoms with van der Waals surface area (Å²) in [7, 11) is 0. The molecule has 2 unspecified atom stereocenters. The number of H-pyrrole nitrogens is 1. The molecule has 1 saturated heterocycles.